The van der Waals surface area contributed by atoms with Crippen LogP contribution in [0.1, 0.15) is 54.4 Å². The highest BCUT2D eigenvalue weighted by Gasteiger charge is 2.23. The zero-order chi connectivity index (χ0) is 25.3. The van der Waals surface area contributed by atoms with Gasteiger partial charge < -0.3 is 15.3 Å². The molecule has 0 amide bonds. The molecule has 1 saturated carbocycles. The molecule has 1 fully saturated rings. The average molecular weight is 481 g/mol. The number of benzene rings is 4. The molecule has 0 radical (unpaired) electrons. The molecule has 3 N–H and O–H groups in total. The number of aliphatic hydroxyl groups is 1. The van der Waals surface area contributed by atoms with Crippen LogP contribution >= 0.6 is 0 Å². The van der Waals surface area contributed by atoms with Crippen molar-refractivity contribution in [3.05, 3.63) is 120 Å². The summed E-state index contributed by atoms with van der Waals surface area (Å²) >= 11 is 0. The largest absolute Gasteiger partial charge is 0.503 e. The van der Waals surface area contributed by atoms with E-state index in [0.717, 1.165) is 41.9 Å². The molecule has 4 aromatic carbocycles. The second-order valence-electron chi connectivity index (χ2n) is 9.24. The van der Waals surface area contributed by atoms with E-state index >= 15 is 0 Å². The standard InChI is InChI=1S/C31H30O.CH2O3/c32-31(12-6-9-23-7-2-1-3-8-23)30-11-5-4-10-29(30)28-21-19-27(20-22-28)26-17-15-25(16-18-26)24-13-14-24;2-1(3)4/h1-5,7-8,10-11,15-22,24,31-32H,6,9,12-14H2;(H2,2,3,4). The Kier molecular flexibility index (Phi) is 8.53. The molecule has 0 saturated heterocycles. The lowest BCUT2D eigenvalue weighted by Crippen LogP contribution is -2.01. The smallest absolute Gasteiger partial charge is 0.450 e. The van der Waals surface area contributed by atoms with Crippen LogP contribution in [0.25, 0.3) is 22.3 Å². The van der Waals surface area contributed by atoms with Gasteiger partial charge in [0.1, 0.15) is 0 Å². The molecule has 0 aromatic heterocycles. The summed E-state index contributed by atoms with van der Waals surface area (Å²) in [5.74, 6) is 0.794. The number of rotatable bonds is 8. The summed E-state index contributed by atoms with van der Waals surface area (Å²) in [5, 5.41) is 24.9. The Labute approximate surface area is 212 Å². The van der Waals surface area contributed by atoms with Crippen molar-refractivity contribution in [1.29, 1.82) is 0 Å². The Hall–Kier alpha value is -3.89. The van der Waals surface area contributed by atoms with E-state index in [1.54, 1.807) is 0 Å². The lowest BCUT2D eigenvalue weighted by atomic mass is 9.92. The number of aliphatic hydroxyl groups excluding tert-OH is 1. The third-order valence-electron chi connectivity index (χ3n) is 6.59. The van der Waals surface area contributed by atoms with E-state index < -0.39 is 12.3 Å². The van der Waals surface area contributed by atoms with Gasteiger partial charge in [0.15, 0.2) is 0 Å². The summed E-state index contributed by atoms with van der Waals surface area (Å²) in [5.41, 5.74) is 8.58. The van der Waals surface area contributed by atoms with Gasteiger partial charge in [-0.1, -0.05) is 103 Å². The van der Waals surface area contributed by atoms with E-state index in [1.807, 2.05) is 12.1 Å². The monoisotopic (exact) mass is 480 g/mol. The molecule has 0 heterocycles. The van der Waals surface area contributed by atoms with Crippen LogP contribution in [-0.4, -0.2) is 21.5 Å². The maximum atomic E-state index is 10.9. The van der Waals surface area contributed by atoms with Crippen LogP contribution in [0.2, 0.25) is 0 Å². The van der Waals surface area contributed by atoms with E-state index in [-0.39, 0.29) is 0 Å². The van der Waals surface area contributed by atoms with Gasteiger partial charge in [-0.2, -0.15) is 0 Å². The minimum Gasteiger partial charge on any atom is -0.450 e. The van der Waals surface area contributed by atoms with Crippen molar-refractivity contribution in [1.82, 2.24) is 0 Å². The van der Waals surface area contributed by atoms with E-state index in [9.17, 15) is 5.11 Å². The van der Waals surface area contributed by atoms with Crippen molar-refractivity contribution in [2.75, 3.05) is 0 Å². The van der Waals surface area contributed by atoms with Crippen molar-refractivity contribution in [2.45, 2.75) is 44.1 Å². The van der Waals surface area contributed by atoms with E-state index in [0.29, 0.717) is 0 Å². The molecular weight excluding hydrogens is 448 g/mol. The Morgan fingerprint density at radius 2 is 1.25 bits per heavy atom. The second kappa shape index (κ2) is 12.2. The Morgan fingerprint density at radius 1 is 0.722 bits per heavy atom. The van der Waals surface area contributed by atoms with Crippen molar-refractivity contribution in [3.8, 4) is 22.3 Å². The molecular formula is C32H32O4. The summed E-state index contributed by atoms with van der Waals surface area (Å²) in [4.78, 5) is 8.56. The normalized spacial score (nSPS) is 13.4. The van der Waals surface area contributed by atoms with Gasteiger partial charge in [0.25, 0.3) is 0 Å². The summed E-state index contributed by atoms with van der Waals surface area (Å²) in [6.45, 7) is 0. The highest BCUT2D eigenvalue weighted by Crippen LogP contribution is 2.40. The van der Waals surface area contributed by atoms with Crippen molar-refractivity contribution >= 4 is 6.16 Å². The lowest BCUT2D eigenvalue weighted by Gasteiger charge is -2.16. The van der Waals surface area contributed by atoms with Crippen LogP contribution in [0.4, 0.5) is 4.79 Å². The molecule has 184 valence electrons. The van der Waals surface area contributed by atoms with Gasteiger partial charge in [-0.3, -0.25) is 0 Å². The number of carboxylic acid groups (broad SMARTS) is 2. The quantitative estimate of drug-likeness (QED) is 0.238. The molecule has 1 aliphatic carbocycles. The second-order valence-corrected chi connectivity index (χ2v) is 9.24. The summed E-state index contributed by atoms with van der Waals surface area (Å²) in [6, 6.07) is 36.6. The number of hydrogen-bond acceptors (Lipinski definition) is 2. The first-order valence-electron chi connectivity index (χ1n) is 12.4. The van der Waals surface area contributed by atoms with Gasteiger partial charge in [-0.05, 0) is 77.0 Å². The van der Waals surface area contributed by atoms with Gasteiger partial charge in [0.05, 0.1) is 6.10 Å². The summed E-state index contributed by atoms with van der Waals surface area (Å²) < 4.78 is 0. The van der Waals surface area contributed by atoms with Gasteiger partial charge in [0.2, 0.25) is 0 Å². The van der Waals surface area contributed by atoms with E-state index in [2.05, 4.69) is 91.0 Å². The molecule has 1 aliphatic rings. The highest BCUT2D eigenvalue weighted by atomic mass is 16.6. The molecule has 36 heavy (non-hydrogen) atoms. The van der Waals surface area contributed by atoms with Gasteiger partial charge in [-0.15, -0.1) is 0 Å². The topological polar surface area (TPSA) is 77.8 Å². The predicted octanol–water partition coefficient (Wildman–Crippen LogP) is 8.18. The van der Waals surface area contributed by atoms with E-state index in [1.165, 1.54) is 35.1 Å². The fourth-order valence-electron chi connectivity index (χ4n) is 4.56. The molecule has 4 nitrogen and oxygen atoms in total. The van der Waals surface area contributed by atoms with Gasteiger partial charge >= 0.3 is 6.16 Å². The molecule has 4 aromatic rings. The van der Waals surface area contributed by atoms with Crippen molar-refractivity contribution < 1.29 is 20.1 Å². The highest BCUT2D eigenvalue weighted by molar-refractivity contribution is 5.72. The fourth-order valence-corrected chi connectivity index (χ4v) is 4.56. The SMILES string of the molecule is O=C(O)O.OC(CCCc1ccccc1)c1ccccc1-c1ccc(-c2ccc(C3CC3)cc2)cc1. The first-order chi connectivity index (χ1) is 17.5. The van der Waals surface area contributed by atoms with Crippen molar-refractivity contribution in [2.24, 2.45) is 0 Å². The van der Waals surface area contributed by atoms with Crippen LogP contribution in [0.3, 0.4) is 0 Å². The zero-order valence-corrected chi connectivity index (χ0v) is 20.3. The molecule has 4 heteroatoms. The Balaban J connectivity index is 0.000000709. The minimum atomic E-state index is -1.83. The summed E-state index contributed by atoms with van der Waals surface area (Å²) in [7, 11) is 0. The molecule has 1 atom stereocenters. The molecule has 1 unspecified atom stereocenters. The number of carbonyl (C=O) groups is 1. The number of hydrogen-bond donors (Lipinski definition) is 3. The van der Waals surface area contributed by atoms with Crippen LogP contribution in [0.15, 0.2) is 103 Å². The van der Waals surface area contributed by atoms with Crippen molar-refractivity contribution in [3.63, 3.8) is 0 Å². The number of aryl methyl sites for hydroxylation is 1. The molecule has 0 aliphatic heterocycles. The van der Waals surface area contributed by atoms with Crippen LogP contribution in [0, 0.1) is 0 Å². The fraction of sp³-hybridized carbons (Fsp3) is 0.219. The van der Waals surface area contributed by atoms with Crippen LogP contribution in [-0.2, 0) is 6.42 Å². The Morgan fingerprint density at radius 3 is 1.86 bits per heavy atom. The minimum absolute atomic E-state index is 0.454. The first-order valence-corrected chi connectivity index (χ1v) is 12.4. The third-order valence-corrected chi connectivity index (χ3v) is 6.59. The maximum Gasteiger partial charge on any atom is 0.503 e. The lowest BCUT2D eigenvalue weighted by molar-refractivity contribution is 0.137. The predicted molar refractivity (Wildman–Crippen MR) is 144 cm³/mol. The molecule has 0 bridgehead atoms. The summed E-state index contributed by atoms with van der Waals surface area (Å²) in [6.07, 6.45) is 3.11. The van der Waals surface area contributed by atoms with Gasteiger partial charge in [0, 0.05) is 0 Å². The molecule has 0 spiro atoms. The third kappa shape index (κ3) is 7.06. The van der Waals surface area contributed by atoms with E-state index in [4.69, 9.17) is 15.0 Å². The van der Waals surface area contributed by atoms with Crippen LogP contribution in [0.5, 0.6) is 0 Å². The zero-order valence-electron chi connectivity index (χ0n) is 20.3. The molecule has 5 rings (SSSR count). The first kappa shape index (κ1) is 25.2. The average Bonchev–Trinajstić information content (AvgIpc) is 3.75. The maximum absolute atomic E-state index is 10.9. The van der Waals surface area contributed by atoms with Crippen LogP contribution < -0.4 is 0 Å². The van der Waals surface area contributed by atoms with Gasteiger partial charge in [-0.25, -0.2) is 4.79 Å². The Bertz CT molecular complexity index is 1240.